The smallest absolute Gasteiger partial charge is 0.125 e. The Labute approximate surface area is 122 Å². The van der Waals surface area contributed by atoms with E-state index in [1.807, 2.05) is 0 Å². The Morgan fingerprint density at radius 1 is 1.21 bits per heavy atom. The highest BCUT2D eigenvalue weighted by atomic mass is 79.9. The zero-order chi connectivity index (χ0) is 13.3. The summed E-state index contributed by atoms with van der Waals surface area (Å²) in [6.45, 7) is 2.49. The third kappa shape index (κ3) is 2.67. The number of hydrogen-bond donors (Lipinski definition) is 1. The van der Waals surface area contributed by atoms with Crippen molar-refractivity contribution in [2.45, 2.75) is 25.7 Å². The first kappa shape index (κ1) is 13.4. The van der Waals surface area contributed by atoms with Gasteiger partial charge < -0.3 is 14.6 Å². The van der Waals surface area contributed by atoms with Crippen LogP contribution in [-0.4, -0.2) is 31.5 Å². The molecule has 0 aliphatic carbocycles. The third-order valence-electron chi connectivity index (χ3n) is 4.28. The molecule has 3 rings (SSSR count). The van der Waals surface area contributed by atoms with Gasteiger partial charge in [0.1, 0.15) is 5.75 Å². The Kier molecular flexibility index (Phi) is 3.83. The van der Waals surface area contributed by atoms with Crippen molar-refractivity contribution in [1.29, 1.82) is 0 Å². The van der Waals surface area contributed by atoms with Gasteiger partial charge in [0.25, 0.3) is 0 Å². The van der Waals surface area contributed by atoms with E-state index in [9.17, 15) is 5.11 Å². The first-order valence-corrected chi connectivity index (χ1v) is 7.64. The molecule has 1 aromatic rings. The molecule has 0 aromatic heterocycles. The average molecular weight is 327 g/mol. The molecule has 3 nitrogen and oxygen atoms in total. The highest BCUT2D eigenvalue weighted by Crippen LogP contribution is 2.40. The number of halogens is 1. The van der Waals surface area contributed by atoms with Crippen molar-refractivity contribution in [3.8, 4) is 5.75 Å². The van der Waals surface area contributed by atoms with Gasteiger partial charge in [0.05, 0.1) is 6.61 Å². The molecule has 1 fully saturated rings. The van der Waals surface area contributed by atoms with Crippen molar-refractivity contribution in [3.63, 3.8) is 0 Å². The topological polar surface area (TPSA) is 38.7 Å². The summed E-state index contributed by atoms with van der Waals surface area (Å²) in [5.74, 6) is 1.04. The van der Waals surface area contributed by atoms with Gasteiger partial charge in [-0.05, 0) is 42.5 Å². The summed E-state index contributed by atoms with van der Waals surface area (Å²) < 4.78 is 12.3. The molecular weight excluding hydrogens is 308 g/mol. The molecule has 1 saturated heterocycles. The molecule has 0 unspecified atom stereocenters. The van der Waals surface area contributed by atoms with Gasteiger partial charge in [-0.3, -0.25) is 0 Å². The molecule has 0 atom stereocenters. The molecule has 0 bridgehead atoms. The van der Waals surface area contributed by atoms with Crippen LogP contribution in [0.1, 0.15) is 24.0 Å². The molecule has 19 heavy (non-hydrogen) atoms. The van der Waals surface area contributed by atoms with Crippen molar-refractivity contribution < 1.29 is 14.6 Å². The molecule has 2 aliphatic heterocycles. The number of hydrogen-bond acceptors (Lipinski definition) is 3. The maximum Gasteiger partial charge on any atom is 0.125 e. The van der Waals surface area contributed by atoms with Gasteiger partial charge in [0.15, 0.2) is 0 Å². The van der Waals surface area contributed by atoms with Crippen LogP contribution in [0.5, 0.6) is 5.75 Å². The van der Waals surface area contributed by atoms with Crippen LogP contribution >= 0.6 is 15.9 Å². The maximum atomic E-state index is 9.81. The van der Waals surface area contributed by atoms with Gasteiger partial charge in [-0.25, -0.2) is 0 Å². The molecule has 0 radical (unpaired) electrons. The molecule has 1 aromatic carbocycles. The standard InChI is InChI=1S/C15H19BrO3/c16-13-7-11-1-4-19-14(11)12(8-13)9-15(10-17)2-5-18-6-3-15/h7-8,17H,1-6,9-10H2. The summed E-state index contributed by atoms with van der Waals surface area (Å²) in [4.78, 5) is 0. The van der Waals surface area contributed by atoms with E-state index in [4.69, 9.17) is 9.47 Å². The van der Waals surface area contributed by atoms with Gasteiger partial charge in [-0.1, -0.05) is 15.9 Å². The van der Waals surface area contributed by atoms with Crippen molar-refractivity contribution >= 4 is 15.9 Å². The van der Waals surface area contributed by atoms with Crippen LogP contribution in [0.4, 0.5) is 0 Å². The van der Waals surface area contributed by atoms with E-state index < -0.39 is 0 Å². The lowest BCUT2D eigenvalue weighted by Crippen LogP contribution is -2.35. The largest absolute Gasteiger partial charge is 0.493 e. The molecule has 0 amide bonds. The second-order valence-corrected chi connectivity index (χ2v) is 6.51. The lowest BCUT2D eigenvalue weighted by atomic mass is 9.75. The van der Waals surface area contributed by atoms with Gasteiger partial charge >= 0.3 is 0 Å². The summed E-state index contributed by atoms with van der Waals surface area (Å²) in [5.41, 5.74) is 2.46. The zero-order valence-corrected chi connectivity index (χ0v) is 12.5. The summed E-state index contributed by atoms with van der Waals surface area (Å²) in [7, 11) is 0. The first-order chi connectivity index (χ1) is 9.22. The average Bonchev–Trinajstić information content (AvgIpc) is 2.88. The second-order valence-electron chi connectivity index (χ2n) is 5.60. The minimum atomic E-state index is -0.0429. The van der Waals surface area contributed by atoms with E-state index in [0.717, 1.165) is 55.7 Å². The third-order valence-corrected chi connectivity index (χ3v) is 4.74. The van der Waals surface area contributed by atoms with Crippen LogP contribution in [0, 0.1) is 5.41 Å². The Balaban J connectivity index is 1.90. The van der Waals surface area contributed by atoms with Gasteiger partial charge in [0.2, 0.25) is 0 Å². The van der Waals surface area contributed by atoms with E-state index in [2.05, 4.69) is 28.1 Å². The summed E-state index contributed by atoms with van der Waals surface area (Å²) in [6.07, 6.45) is 3.70. The fraction of sp³-hybridized carbons (Fsp3) is 0.600. The number of fused-ring (bicyclic) bond motifs is 1. The number of ether oxygens (including phenoxy) is 2. The Bertz CT molecular complexity index is 467. The normalized spacial score (nSPS) is 20.9. The number of benzene rings is 1. The monoisotopic (exact) mass is 326 g/mol. The number of rotatable bonds is 3. The second kappa shape index (κ2) is 5.43. The van der Waals surface area contributed by atoms with Crippen LogP contribution in [0.15, 0.2) is 16.6 Å². The van der Waals surface area contributed by atoms with Gasteiger partial charge in [-0.15, -0.1) is 0 Å². The number of aliphatic hydroxyl groups is 1. The van der Waals surface area contributed by atoms with Crippen molar-refractivity contribution in [3.05, 3.63) is 27.7 Å². The highest BCUT2D eigenvalue weighted by Gasteiger charge is 2.34. The quantitative estimate of drug-likeness (QED) is 0.928. The predicted octanol–water partition coefficient (Wildman–Crippen LogP) is 2.72. The SMILES string of the molecule is OCC1(Cc2cc(Br)cc3c2OCC3)CCOCC1. The molecule has 0 spiro atoms. The molecule has 104 valence electrons. The minimum absolute atomic E-state index is 0.0429. The molecule has 2 aliphatic rings. The van der Waals surface area contributed by atoms with Gasteiger partial charge in [-0.2, -0.15) is 0 Å². The van der Waals surface area contributed by atoms with E-state index in [-0.39, 0.29) is 12.0 Å². The Hall–Kier alpha value is -0.580. The molecule has 2 heterocycles. The van der Waals surface area contributed by atoms with Crippen molar-refractivity contribution in [1.82, 2.24) is 0 Å². The maximum absolute atomic E-state index is 9.81. The summed E-state index contributed by atoms with van der Waals surface area (Å²) in [5, 5.41) is 9.81. The Morgan fingerprint density at radius 3 is 2.74 bits per heavy atom. The molecule has 1 N–H and O–H groups in total. The minimum Gasteiger partial charge on any atom is -0.493 e. The molecule has 4 heteroatoms. The zero-order valence-electron chi connectivity index (χ0n) is 11.0. The van der Waals surface area contributed by atoms with Crippen LogP contribution in [0.3, 0.4) is 0 Å². The van der Waals surface area contributed by atoms with E-state index >= 15 is 0 Å². The van der Waals surface area contributed by atoms with Crippen molar-refractivity contribution in [2.75, 3.05) is 26.4 Å². The fourth-order valence-electron chi connectivity index (χ4n) is 3.08. The van der Waals surface area contributed by atoms with Crippen LogP contribution in [0.25, 0.3) is 0 Å². The van der Waals surface area contributed by atoms with Crippen LogP contribution < -0.4 is 4.74 Å². The van der Waals surface area contributed by atoms with E-state index in [0.29, 0.717) is 0 Å². The van der Waals surface area contributed by atoms with Crippen LogP contribution in [0.2, 0.25) is 0 Å². The van der Waals surface area contributed by atoms with Crippen LogP contribution in [-0.2, 0) is 17.6 Å². The van der Waals surface area contributed by atoms with E-state index in [1.54, 1.807) is 0 Å². The van der Waals surface area contributed by atoms with E-state index in [1.165, 1.54) is 11.1 Å². The number of aliphatic hydroxyl groups excluding tert-OH is 1. The summed E-state index contributed by atoms with van der Waals surface area (Å²) >= 11 is 3.58. The fourth-order valence-corrected chi connectivity index (χ4v) is 3.63. The first-order valence-electron chi connectivity index (χ1n) is 6.85. The summed E-state index contributed by atoms with van der Waals surface area (Å²) in [6, 6.07) is 4.28. The lowest BCUT2D eigenvalue weighted by Gasteiger charge is -2.36. The molecular formula is C15H19BrO3. The lowest BCUT2D eigenvalue weighted by molar-refractivity contribution is -0.0160. The Morgan fingerprint density at radius 2 is 2.00 bits per heavy atom. The van der Waals surface area contributed by atoms with Crippen molar-refractivity contribution in [2.24, 2.45) is 5.41 Å². The predicted molar refractivity (Wildman–Crippen MR) is 76.6 cm³/mol. The highest BCUT2D eigenvalue weighted by molar-refractivity contribution is 9.10. The van der Waals surface area contributed by atoms with Gasteiger partial charge in [0, 0.05) is 36.1 Å². The molecule has 0 saturated carbocycles.